The first-order chi connectivity index (χ1) is 9.97. The predicted octanol–water partition coefficient (Wildman–Crippen LogP) is -0.306. The van der Waals surface area contributed by atoms with Gasteiger partial charge in [-0.1, -0.05) is 0 Å². The molecule has 0 saturated carbocycles. The molecule has 3 atom stereocenters. The van der Waals surface area contributed by atoms with Crippen molar-refractivity contribution in [1.29, 1.82) is 0 Å². The van der Waals surface area contributed by atoms with Crippen molar-refractivity contribution in [2.45, 2.75) is 12.8 Å². The number of carbonyl (C=O) groups is 1. The van der Waals surface area contributed by atoms with Crippen LogP contribution in [0.1, 0.15) is 12.8 Å². The number of carbonyl (C=O) groups excluding carboxylic acids is 1. The molecule has 0 N–H and O–H groups in total. The van der Waals surface area contributed by atoms with E-state index >= 15 is 0 Å². The minimum Gasteiger partial charge on any atom is -0.380 e. The molecule has 3 rings (SSSR count). The molecule has 120 valence electrons. The number of hydrogen-bond acceptors (Lipinski definition) is 5. The second-order valence-electron chi connectivity index (χ2n) is 6.13. The van der Waals surface area contributed by atoms with Crippen LogP contribution in [-0.2, 0) is 24.4 Å². The molecule has 0 aromatic rings. The summed E-state index contributed by atoms with van der Waals surface area (Å²) in [7, 11) is -3.21. The van der Waals surface area contributed by atoms with Gasteiger partial charge in [0.1, 0.15) is 0 Å². The van der Waals surface area contributed by atoms with E-state index in [0.717, 1.165) is 12.8 Å². The molecule has 7 nitrogen and oxygen atoms in total. The van der Waals surface area contributed by atoms with Gasteiger partial charge < -0.3 is 4.74 Å². The van der Waals surface area contributed by atoms with Crippen LogP contribution >= 0.6 is 0 Å². The molecule has 0 bridgehead atoms. The van der Waals surface area contributed by atoms with Crippen LogP contribution in [0.4, 0.5) is 0 Å². The fourth-order valence-electron chi connectivity index (χ4n) is 3.44. The summed E-state index contributed by atoms with van der Waals surface area (Å²) >= 11 is 0. The van der Waals surface area contributed by atoms with Gasteiger partial charge in [0.05, 0.1) is 32.0 Å². The zero-order valence-corrected chi connectivity index (χ0v) is 13.0. The smallest absolute Gasteiger partial charge is 0.251 e. The summed E-state index contributed by atoms with van der Waals surface area (Å²) in [5.74, 6) is -0.216. The molecule has 3 aliphatic rings. The number of sulfonamides is 1. The third kappa shape index (κ3) is 3.08. The Labute approximate surface area is 125 Å². The van der Waals surface area contributed by atoms with Gasteiger partial charge in [-0.05, 0) is 18.8 Å². The molecule has 0 unspecified atom stereocenters. The van der Waals surface area contributed by atoms with Crippen LogP contribution in [0.5, 0.6) is 0 Å². The van der Waals surface area contributed by atoms with Crippen molar-refractivity contribution in [2.24, 2.45) is 17.8 Å². The van der Waals surface area contributed by atoms with E-state index in [0.29, 0.717) is 39.5 Å². The van der Waals surface area contributed by atoms with Crippen molar-refractivity contribution < 1.29 is 22.8 Å². The normalized spacial score (nSPS) is 34.7. The first kappa shape index (κ1) is 15.2. The first-order valence-corrected chi connectivity index (χ1v) is 9.29. The van der Waals surface area contributed by atoms with Gasteiger partial charge in [-0.2, -0.15) is 0 Å². The minimum atomic E-state index is -3.21. The van der Waals surface area contributed by atoms with Crippen molar-refractivity contribution in [3.8, 4) is 0 Å². The first-order valence-electron chi connectivity index (χ1n) is 7.44. The van der Waals surface area contributed by atoms with Gasteiger partial charge in [-0.25, -0.2) is 17.8 Å². The van der Waals surface area contributed by atoms with Crippen LogP contribution in [0.25, 0.3) is 0 Å². The molecule has 1 amide bonds. The molecule has 3 saturated heterocycles. The van der Waals surface area contributed by atoms with Crippen LogP contribution in [0.15, 0.2) is 0 Å². The molecular weight excluding hydrogens is 296 g/mol. The lowest BCUT2D eigenvalue weighted by atomic mass is 9.82. The number of amides is 1. The average molecular weight is 318 g/mol. The second kappa shape index (κ2) is 5.83. The van der Waals surface area contributed by atoms with E-state index in [2.05, 4.69) is 0 Å². The number of hydrogen-bond donors (Lipinski definition) is 0. The molecule has 3 fully saturated rings. The summed E-state index contributed by atoms with van der Waals surface area (Å²) in [6.45, 7) is 2.94. The van der Waals surface area contributed by atoms with Gasteiger partial charge in [0.15, 0.2) is 0 Å². The Bertz CT molecular complexity index is 503. The third-order valence-electron chi connectivity index (χ3n) is 4.64. The van der Waals surface area contributed by atoms with Crippen molar-refractivity contribution in [3.63, 3.8) is 0 Å². The third-order valence-corrected chi connectivity index (χ3v) is 5.88. The Morgan fingerprint density at radius 1 is 1.19 bits per heavy atom. The lowest BCUT2D eigenvalue weighted by molar-refractivity contribution is -0.207. The molecule has 0 aromatic carbocycles. The van der Waals surface area contributed by atoms with E-state index in [1.807, 2.05) is 0 Å². The van der Waals surface area contributed by atoms with Crippen LogP contribution < -0.4 is 0 Å². The van der Waals surface area contributed by atoms with Gasteiger partial charge in [0.25, 0.3) is 5.91 Å². The number of rotatable bonds is 2. The number of hydroxylamine groups is 2. The molecule has 3 heterocycles. The van der Waals surface area contributed by atoms with E-state index in [4.69, 9.17) is 9.57 Å². The summed E-state index contributed by atoms with van der Waals surface area (Å²) in [5.41, 5.74) is 0. The van der Waals surface area contributed by atoms with Crippen LogP contribution in [0, 0.1) is 17.8 Å². The molecule has 0 aromatic heterocycles. The lowest BCUT2D eigenvalue weighted by Gasteiger charge is -2.36. The fourth-order valence-corrected chi connectivity index (χ4v) is 4.34. The highest BCUT2D eigenvalue weighted by Crippen LogP contribution is 2.36. The second-order valence-corrected chi connectivity index (χ2v) is 8.11. The molecular formula is C13H22N2O5S. The number of nitrogens with zero attached hydrogens (tertiary/aromatic N) is 2. The van der Waals surface area contributed by atoms with Crippen LogP contribution in [0.3, 0.4) is 0 Å². The highest BCUT2D eigenvalue weighted by Gasteiger charge is 2.47. The largest absolute Gasteiger partial charge is 0.380 e. The Kier molecular flexibility index (Phi) is 4.22. The zero-order valence-electron chi connectivity index (χ0n) is 12.2. The Hall–Kier alpha value is -0.700. The summed E-state index contributed by atoms with van der Waals surface area (Å²) in [5, 5.41) is 1.45. The van der Waals surface area contributed by atoms with E-state index in [1.54, 1.807) is 0 Å². The summed E-state index contributed by atoms with van der Waals surface area (Å²) < 4.78 is 30.5. The number of fused-ring (bicyclic) bond motifs is 1. The molecule has 0 spiro atoms. The van der Waals surface area contributed by atoms with Crippen LogP contribution in [0.2, 0.25) is 0 Å². The van der Waals surface area contributed by atoms with Crippen LogP contribution in [-0.4, -0.2) is 69.4 Å². The monoisotopic (exact) mass is 318 g/mol. The fraction of sp³-hybridized carbons (Fsp3) is 0.923. The highest BCUT2D eigenvalue weighted by atomic mass is 32.2. The van der Waals surface area contributed by atoms with Gasteiger partial charge >= 0.3 is 0 Å². The lowest BCUT2D eigenvalue weighted by Crippen LogP contribution is -2.47. The molecule has 8 heteroatoms. The summed E-state index contributed by atoms with van der Waals surface area (Å²) in [4.78, 5) is 18.0. The quantitative estimate of drug-likeness (QED) is 0.698. The maximum atomic E-state index is 12.6. The molecule has 21 heavy (non-hydrogen) atoms. The SMILES string of the molecule is CS(=O)(=O)N1C[C@H]2COC[C@@H](C(=O)N3CCCCO3)[C@H]2C1. The molecule has 3 aliphatic heterocycles. The van der Waals surface area contributed by atoms with Crippen molar-refractivity contribution in [1.82, 2.24) is 9.37 Å². The maximum Gasteiger partial charge on any atom is 0.251 e. The van der Waals surface area contributed by atoms with Crippen molar-refractivity contribution >= 4 is 15.9 Å². The predicted molar refractivity (Wildman–Crippen MR) is 74.6 cm³/mol. The Morgan fingerprint density at radius 2 is 2.00 bits per heavy atom. The standard InChI is InChI=1S/C13H22N2O5S/c1-21(17,18)14-6-10-8-19-9-12(11(10)7-14)13(16)15-4-2-3-5-20-15/h10-12H,2-9H2,1H3/t10-,11-,12+/m0/s1. The summed E-state index contributed by atoms with van der Waals surface area (Å²) in [6.07, 6.45) is 3.14. The molecule has 0 aliphatic carbocycles. The van der Waals surface area contributed by atoms with Gasteiger partial charge in [0.2, 0.25) is 10.0 Å². The van der Waals surface area contributed by atoms with Crippen molar-refractivity contribution in [3.05, 3.63) is 0 Å². The van der Waals surface area contributed by atoms with Crippen molar-refractivity contribution in [2.75, 3.05) is 45.7 Å². The Balaban J connectivity index is 1.72. The van der Waals surface area contributed by atoms with E-state index in [-0.39, 0.29) is 23.7 Å². The maximum absolute atomic E-state index is 12.6. The number of ether oxygens (including phenoxy) is 1. The summed E-state index contributed by atoms with van der Waals surface area (Å²) in [6, 6.07) is 0. The van der Waals surface area contributed by atoms with Gasteiger partial charge in [-0.15, -0.1) is 0 Å². The van der Waals surface area contributed by atoms with E-state index in [1.165, 1.54) is 15.6 Å². The molecule has 0 radical (unpaired) electrons. The van der Waals surface area contributed by atoms with Gasteiger partial charge in [0, 0.05) is 25.6 Å². The topological polar surface area (TPSA) is 76.2 Å². The minimum absolute atomic E-state index is 0.0338. The Morgan fingerprint density at radius 3 is 2.67 bits per heavy atom. The zero-order chi connectivity index (χ0) is 15.0. The van der Waals surface area contributed by atoms with E-state index in [9.17, 15) is 13.2 Å². The average Bonchev–Trinajstić information content (AvgIpc) is 2.91. The van der Waals surface area contributed by atoms with E-state index < -0.39 is 10.0 Å². The van der Waals surface area contributed by atoms with Gasteiger partial charge in [-0.3, -0.25) is 9.63 Å². The highest BCUT2D eigenvalue weighted by molar-refractivity contribution is 7.88.